The van der Waals surface area contributed by atoms with Gasteiger partial charge in [-0.3, -0.25) is 4.72 Å². The molecule has 0 fully saturated rings. The van der Waals surface area contributed by atoms with Gasteiger partial charge in [-0.05, 0) is 6.92 Å². The van der Waals surface area contributed by atoms with Crippen LogP contribution in [-0.2, 0) is 10.0 Å². The van der Waals surface area contributed by atoms with Crippen LogP contribution in [0.4, 0.5) is 23.2 Å². The smallest absolute Gasteiger partial charge is 0.273 e. The molecule has 1 aromatic carbocycles. The fraction of sp³-hybridized carbons (Fsp3) is 0.100. The summed E-state index contributed by atoms with van der Waals surface area (Å²) in [5, 5.41) is 0. The molecule has 0 bridgehead atoms. The first-order valence-electron chi connectivity index (χ1n) is 5.12. The average Bonchev–Trinajstić information content (AvgIpc) is 2.72. The van der Waals surface area contributed by atoms with E-state index in [2.05, 4.69) is 4.98 Å². The van der Waals surface area contributed by atoms with Crippen LogP contribution in [0.15, 0.2) is 10.3 Å². The van der Waals surface area contributed by atoms with Crippen LogP contribution in [0.5, 0.6) is 0 Å². The minimum Gasteiger partial charge on any atom is -0.273 e. The van der Waals surface area contributed by atoms with Gasteiger partial charge in [0.25, 0.3) is 10.0 Å². The number of thiazole rings is 1. The molecule has 0 atom stereocenters. The van der Waals surface area contributed by atoms with Gasteiger partial charge in [-0.2, -0.15) is 0 Å². The second kappa shape index (κ2) is 5.43. The summed E-state index contributed by atoms with van der Waals surface area (Å²) in [6.45, 7) is 1.30. The maximum Gasteiger partial charge on any atom is 0.273 e. The molecule has 0 aliphatic rings. The van der Waals surface area contributed by atoms with Gasteiger partial charge in [0.2, 0.25) is 0 Å². The fourth-order valence-corrected chi connectivity index (χ4v) is 4.24. The average molecular weight is 361 g/mol. The van der Waals surface area contributed by atoms with E-state index in [1.54, 1.807) is 0 Å². The molecule has 0 saturated carbocycles. The van der Waals surface area contributed by atoms with E-state index >= 15 is 0 Å². The third kappa shape index (κ3) is 2.97. The van der Waals surface area contributed by atoms with Crippen molar-refractivity contribution in [3.8, 4) is 0 Å². The molecule has 2 aromatic rings. The number of aryl methyl sites for hydroxylation is 1. The molecule has 1 N–H and O–H groups in total. The van der Waals surface area contributed by atoms with Crippen molar-refractivity contribution in [3.05, 3.63) is 39.5 Å². The van der Waals surface area contributed by atoms with E-state index in [4.69, 9.17) is 11.6 Å². The van der Waals surface area contributed by atoms with E-state index in [0.717, 1.165) is 0 Å². The maximum atomic E-state index is 13.4. The molecule has 0 spiro atoms. The highest BCUT2D eigenvalue weighted by atomic mass is 35.5. The third-order valence-electron chi connectivity index (χ3n) is 2.32. The Morgan fingerprint density at radius 2 is 1.71 bits per heavy atom. The van der Waals surface area contributed by atoms with E-state index in [1.807, 2.05) is 0 Å². The molecule has 114 valence electrons. The Labute approximate surface area is 125 Å². The molecule has 0 unspecified atom stereocenters. The Morgan fingerprint density at radius 1 is 1.19 bits per heavy atom. The lowest BCUT2D eigenvalue weighted by Crippen LogP contribution is -2.16. The number of hydrogen-bond acceptors (Lipinski definition) is 4. The van der Waals surface area contributed by atoms with E-state index < -0.39 is 43.2 Å². The van der Waals surface area contributed by atoms with E-state index in [-0.39, 0.29) is 16.2 Å². The van der Waals surface area contributed by atoms with Crippen molar-refractivity contribution in [1.82, 2.24) is 4.98 Å². The van der Waals surface area contributed by atoms with Crippen LogP contribution in [0.25, 0.3) is 0 Å². The monoisotopic (exact) mass is 360 g/mol. The molecule has 0 amide bonds. The number of hydrogen-bond donors (Lipinski definition) is 1. The van der Waals surface area contributed by atoms with E-state index in [9.17, 15) is 26.0 Å². The van der Waals surface area contributed by atoms with Crippen molar-refractivity contribution in [2.75, 3.05) is 4.72 Å². The first-order valence-corrected chi connectivity index (χ1v) is 7.80. The summed E-state index contributed by atoms with van der Waals surface area (Å²) in [6.07, 6.45) is 0. The number of benzene rings is 1. The number of nitrogens with one attached hydrogen (secondary N) is 1. The third-order valence-corrected chi connectivity index (χ3v) is 5.54. The van der Waals surface area contributed by atoms with Gasteiger partial charge in [0.15, 0.2) is 31.9 Å². The van der Waals surface area contributed by atoms with Crippen molar-refractivity contribution >= 4 is 38.6 Å². The number of anilines is 1. The molecule has 0 aliphatic carbocycles. The normalized spacial score (nSPS) is 11.7. The molecule has 0 aliphatic heterocycles. The fourth-order valence-electron chi connectivity index (χ4n) is 1.44. The Kier molecular flexibility index (Phi) is 4.13. The minimum absolute atomic E-state index is 0.0183. The first kappa shape index (κ1) is 16.0. The largest absolute Gasteiger partial charge is 0.273 e. The van der Waals surface area contributed by atoms with Crippen LogP contribution in [0.1, 0.15) is 5.69 Å². The molecule has 1 heterocycles. The highest BCUT2D eigenvalue weighted by Crippen LogP contribution is 2.31. The van der Waals surface area contributed by atoms with Crippen molar-refractivity contribution in [2.24, 2.45) is 0 Å². The highest BCUT2D eigenvalue weighted by Gasteiger charge is 2.27. The summed E-state index contributed by atoms with van der Waals surface area (Å²) in [7, 11) is -4.49. The number of rotatable bonds is 3. The predicted octanol–water partition coefficient (Wildman–Crippen LogP) is 3.46. The van der Waals surface area contributed by atoms with Gasteiger partial charge < -0.3 is 0 Å². The molecule has 21 heavy (non-hydrogen) atoms. The lowest BCUT2D eigenvalue weighted by Gasteiger charge is -2.09. The zero-order valence-electron chi connectivity index (χ0n) is 10.0. The maximum absolute atomic E-state index is 13.4. The number of halogens is 5. The number of sulfonamides is 1. The second-order valence-electron chi connectivity index (χ2n) is 3.79. The summed E-state index contributed by atoms with van der Waals surface area (Å²) in [4.78, 5) is 3.63. The summed E-state index contributed by atoms with van der Waals surface area (Å²) in [5.41, 5.74) is -1.47. The zero-order valence-corrected chi connectivity index (χ0v) is 12.4. The molecule has 0 radical (unpaired) electrons. The predicted molar refractivity (Wildman–Crippen MR) is 68.9 cm³/mol. The Balaban J connectivity index is 2.54. The van der Waals surface area contributed by atoms with Crippen LogP contribution in [-0.4, -0.2) is 13.4 Å². The SMILES string of the molecule is Cc1nc(Cl)sc1S(=O)(=O)Nc1c(F)c(F)cc(F)c1F. The minimum atomic E-state index is -4.49. The van der Waals surface area contributed by atoms with Gasteiger partial charge in [-0.25, -0.2) is 31.0 Å². The number of nitrogens with zero attached hydrogens (tertiary/aromatic N) is 1. The van der Waals surface area contributed by atoms with Gasteiger partial charge >= 0.3 is 0 Å². The van der Waals surface area contributed by atoms with Gasteiger partial charge in [0.05, 0.1) is 5.69 Å². The lowest BCUT2D eigenvalue weighted by molar-refractivity contribution is 0.459. The van der Waals surface area contributed by atoms with Crippen molar-refractivity contribution in [1.29, 1.82) is 0 Å². The van der Waals surface area contributed by atoms with E-state index in [1.165, 1.54) is 11.6 Å². The number of aromatic nitrogens is 1. The van der Waals surface area contributed by atoms with Crippen molar-refractivity contribution in [2.45, 2.75) is 11.1 Å². The van der Waals surface area contributed by atoms with Crippen LogP contribution in [0.2, 0.25) is 4.47 Å². The molecule has 1 aromatic heterocycles. The molecule has 11 heteroatoms. The van der Waals surface area contributed by atoms with Crippen LogP contribution in [0.3, 0.4) is 0 Å². The molecular formula is C10H5ClF4N2O2S2. The van der Waals surface area contributed by atoms with Crippen molar-refractivity contribution in [3.63, 3.8) is 0 Å². The molecule has 4 nitrogen and oxygen atoms in total. The Hall–Kier alpha value is -1.39. The Bertz CT molecular complexity index is 797. The van der Waals surface area contributed by atoms with Gasteiger partial charge in [-0.1, -0.05) is 22.9 Å². The van der Waals surface area contributed by atoms with Gasteiger partial charge in [0.1, 0.15) is 5.69 Å². The Morgan fingerprint density at radius 3 is 2.14 bits per heavy atom. The molecule has 2 rings (SSSR count). The molecular weight excluding hydrogens is 356 g/mol. The zero-order chi connectivity index (χ0) is 15.9. The van der Waals surface area contributed by atoms with Crippen molar-refractivity contribution < 1.29 is 26.0 Å². The van der Waals surface area contributed by atoms with E-state index in [0.29, 0.717) is 11.3 Å². The highest BCUT2D eigenvalue weighted by molar-refractivity contribution is 7.94. The quantitative estimate of drug-likeness (QED) is 0.673. The van der Waals surface area contributed by atoms with Gasteiger partial charge in [0, 0.05) is 6.07 Å². The molecule has 0 saturated heterocycles. The van der Waals surface area contributed by atoms with Gasteiger partial charge in [-0.15, -0.1) is 0 Å². The summed E-state index contributed by atoms with van der Waals surface area (Å²) >= 11 is 6.07. The van der Waals surface area contributed by atoms with Crippen LogP contribution < -0.4 is 4.72 Å². The second-order valence-corrected chi connectivity index (χ2v) is 7.25. The summed E-state index contributed by atoms with van der Waals surface area (Å²) in [5.74, 6) is -7.17. The van der Waals surface area contributed by atoms with Crippen LogP contribution in [0, 0.1) is 30.2 Å². The summed E-state index contributed by atoms with van der Waals surface area (Å²) in [6, 6.07) is -0.0305. The van der Waals surface area contributed by atoms with Crippen LogP contribution >= 0.6 is 22.9 Å². The topological polar surface area (TPSA) is 59.1 Å². The lowest BCUT2D eigenvalue weighted by atomic mass is 10.3. The standard InChI is InChI=1S/C10H5ClF4N2O2S2/c1-3-9(20-10(11)16-3)21(18,19)17-8-6(14)4(12)2-5(13)7(8)15/h2,17H,1H3. The first-order chi connectivity index (χ1) is 9.63. The summed E-state index contributed by atoms with van der Waals surface area (Å²) < 4.78 is 77.9.